The minimum absolute atomic E-state index is 0.00919. The number of hydrogen-bond donors (Lipinski definition) is 2. The Labute approximate surface area is 187 Å². The molecule has 3 N–H and O–H groups in total. The lowest BCUT2D eigenvalue weighted by Crippen LogP contribution is -2.35. The van der Waals surface area contributed by atoms with E-state index in [1.54, 1.807) is 37.3 Å². The van der Waals surface area contributed by atoms with Gasteiger partial charge in [0.1, 0.15) is 11.8 Å². The number of aromatic nitrogens is 4. The molecule has 32 heavy (non-hydrogen) atoms. The van der Waals surface area contributed by atoms with Crippen LogP contribution in [-0.2, 0) is 4.79 Å². The Kier molecular flexibility index (Phi) is 5.63. The number of carbonyl (C=O) groups excluding carboxylic acids is 1. The van der Waals surface area contributed by atoms with Crippen molar-refractivity contribution < 1.29 is 22.7 Å². The predicted molar refractivity (Wildman–Crippen MR) is 115 cm³/mol. The Balaban J connectivity index is 1.93. The minimum Gasteiger partial charge on any atom is -0.405 e. The second kappa shape index (κ2) is 8.26. The number of primary amides is 1. The van der Waals surface area contributed by atoms with E-state index in [2.05, 4.69) is 41.1 Å². The van der Waals surface area contributed by atoms with Crippen molar-refractivity contribution in [2.45, 2.75) is 25.7 Å². The van der Waals surface area contributed by atoms with E-state index in [-0.39, 0.29) is 17.3 Å². The number of nitrogens with two attached hydrogens (primary N) is 1. The fraction of sp³-hybridized carbons (Fsp3) is 0.200. The fourth-order valence-electron chi connectivity index (χ4n) is 3.18. The summed E-state index contributed by atoms with van der Waals surface area (Å²) in [7, 11) is 0. The van der Waals surface area contributed by atoms with Gasteiger partial charge in [-0.2, -0.15) is 4.52 Å². The molecule has 1 amide bonds. The molecule has 0 saturated heterocycles. The summed E-state index contributed by atoms with van der Waals surface area (Å²) >= 11 is 3.15. The van der Waals surface area contributed by atoms with Crippen LogP contribution in [-0.4, -0.2) is 37.9 Å². The zero-order chi connectivity index (χ0) is 23.0. The van der Waals surface area contributed by atoms with Crippen molar-refractivity contribution in [2.24, 2.45) is 5.73 Å². The largest absolute Gasteiger partial charge is 0.573 e. The average molecular weight is 509 g/mol. The van der Waals surface area contributed by atoms with Crippen LogP contribution < -0.4 is 15.8 Å². The molecule has 0 saturated carbocycles. The lowest BCUT2D eigenvalue weighted by Gasteiger charge is -2.15. The van der Waals surface area contributed by atoms with E-state index in [4.69, 9.17) is 5.73 Å². The Bertz CT molecular complexity index is 1320. The average Bonchev–Trinajstić information content (AvgIpc) is 3.16. The molecule has 1 atom stereocenters. The number of rotatable bonds is 6. The first kappa shape index (κ1) is 21.8. The molecule has 4 rings (SSSR count). The molecule has 0 spiro atoms. The van der Waals surface area contributed by atoms with E-state index in [0.717, 1.165) is 0 Å². The van der Waals surface area contributed by atoms with Gasteiger partial charge >= 0.3 is 6.36 Å². The number of alkyl halides is 3. The van der Waals surface area contributed by atoms with Gasteiger partial charge in [0.2, 0.25) is 11.9 Å². The molecule has 4 aromatic rings. The van der Waals surface area contributed by atoms with Gasteiger partial charge in [-0.25, -0.2) is 9.97 Å². The van der Waals surface area contributed by atoms with Crippen LogP contribution in [0, 0.1) is 0 Å². The Morgan fingerprint density at radius 2 is 2.00 bits per heavy atom. The third-order valence-electron chi connectivity index (χ3n) is 4.64. The number of nitrogens with one attached hydrogen (secondary N) is 1. The standard InChI is InChI=1S/C20H16BrF3N6O2/c1-2-13(16(25)31)26-19-27-14-6-4-3-5-11(14)18-28-17(29-30(18)19)12-8-7-10(21)9-15(12)32-20(22,23)24/h3-9,13H,2H2,1H3,(H2,25,31)(H,26,27)/t13-/m1/s1. The molecule has 166 valence electrons. The molecule has 2 aromatic heterocycles. The van der Waals surface area contributed by atoms with Crippen LogP contribution in [0.1, 0.15) is 13.3 Å². The number of benzene rings is 2. The smallest absolute Gasteiger partial charge is 0.405 e. The van der Waals surface area contributed by atoms with Crippen LogP contribution in [0.2, 0.25) is 0 Å². The summed E-state index contributed by atoms with van der Waals surface area (Å²) in [5.74, 6) is -0.869. The molecule has 2 aromatic carbocycles. The van der Waals surface area contributed by atoms with Crippen molar-refractivity contribution in [3.8, 4) is 17.1 Å². The highest BCUT2D eigenvalue weighted by Gasteiger charge is 2.33. The molecule has 0 radical (unpaired) electrons. The predicted octanol–water partition coefficient (Wildman–Crippen LogP) is 4.28. The van der Waals surface area contributed by atoms with Gasteiger partial charge in [0.25, 0.3) is 0 Å². The quantitative estimate of drug-likeness (QED) is 0.402. The summed E-state index contributed by atoms with van der Waals surface area (Å²) in [4.78, 5) is 20.7. The molecule has 8 nitrogen and oxygen atoms in total. The summed E-state index contributed by atoms with van der Waals surface area (Å²) in [6.07, 6.45) is -4.51. The highest BCUT2D eigenvalue weighted by atomic mass is 79.9. The van der Waals surface area contributed by atoms with Gasteiger partial charge in [-0.15, -0.1) is 18.3 Å². The number of carbonyl (C=O) groups is 1. The number of halogens is 4. The molecule has 0 unspecified atom stereocenters. The zero-order valence-corrected chi connectivity index (χ0v) is 18.1. The Hall–Kier alpha value is -3.41. The molecular weight excluding hydrogens is 493 g/mol. The van der Waals surface area contributed by atoms with E-state index in [1.807, 2.05) is 0 Å². The Morgan fingerprint density at radius 3 is 2.69 bits per heavy atom. The van der Waals surface area contributed by atoms with Crippen LogP contribution in [0.15, 0.2) is 46.9 Å². The third-order valence-corrected chi connectivity index (χ3v) is 5.14. The number of para-hydroxylation sites is 1. The highest BCUT2D eigenvalue weighted by molar-refractivity contribution is 9.10. The van der Waals surface area contributed by atoms with Gasteiger partial charge in [0.15, 0.2) is 11.5 Å². The van der Waals surface area contributed by atoms with Gasteiger partial charge < -0.3 is 15.8 Å². The molecule has 0 fully saturated rings. The van der Waals surface area contributed by atoms with Gasteiger partial charge in [0, 0.05) is 9.86 Å². The second-order valence-electron chi connectivity index (χ2n) is 6.82. The molecule has 2 heterocycles. The van der Waals surface area contributed by atoms with Crippen LogP contribution in [0.25, 0.3) is 27.9 Å². The zero-order valence-electron chi connectivity index (χ0n) is 16.5. The van der Waals surface area contributed by atoms with Crippen LogP contribution in [0.5, 0.6) is 5.75 Å². The summed E-state index contributed by atoms with van der Waals surface area (Å²) < 4.78 is 44.8. The van der Waals surface area contributed by atoms with Crippen molar-refractivity contribution in [2.75, 3.05) is 5.32 Å². The maximum absolute atomic E-state index is 13.0. The number of hydrogen-bond acceptors (Lipinski definition) is 6. The monoisotopic (exact) mass is 508 g/mol. The van der Waals surface area contributed by atoms with Crippen molar-refractivity contribution in [1.82, 2.24) is 19.6 Å². The molecular formula is C20H16BrF3N6O2. The number of ether oxygens (including phenoxy) is 1. The van der Waals surface area contributed by atoms with Crippen molar-refractivity contribution in [3.05, 3.63) is 46.9 Å². The summed E-state index contributed by atoms with van der Waals surface area (Å²) in [5, 5.41) is 7.94. The van der Waals surface area contributed by atoms with E-state index in [1.165, 1.54) is 16.6 Å². The van der Waals surface area contributed by atoms with Gasteiger partial charge in [-0.1, -0.05) is 35.0 Å². The van der Waals surface area contributed by atoms with Crippen molar-refractivity contribution in [1.29, 1.82) is 0 Å². The molecule has 0 aliphatic heterocycles. The van der Waals surface area contributed by atoms with E-state index in [9.17, 15) is 18.0 Å². The summed E-state index contributed by atoms with van der Waals surface area (Å²) in [6, 6.07) is 10.5. The van der Waals surface area contributed by atoms with Gasteiger partial charge in [-0.3, -0.25) is 4.79 Å². The van der Waals surface area contributed by atoms with Crippen LogP contribution in [0.3, 0.4) is 0 Å². The third kappa shape index (κ3) is 4.31. The maximum Gasteiger partial charge on any atom is 0.573 e. The van der Waals surface area contributed by atoms with E-state index in [0.29, 0.717) is 27.4 Å². The van der Waals surface area contributed by atoms with Crippen LogP contribution >= 0.6 is 15.9 Å². The lowest BCUT2D eigenvalue weighted by atomic mass is 10.2. The SMILES string of the molecule is CC[C@@H](Nc1nc2ccccc2c2nc(-c3ccc(Br)cc3OC(F)(F)F)nn12)C(N)=O. The Morgan fingerprint density at radius 1 is 1.25 bits per heavy atom. The summed E-state index contributed by atoms with van der Waals surface area (Å²) in [6.45, 7) is 1.77. The lowest BCUT2D eigenvalue weighted by molar-refractivity contribution is -0.274. The first-order chi connectivity index (χ1) is 15.2. The minimum atomic E-state index is -4.90. The van der Waals surface area contributed by atoms with E-state index < -0.39 is 24.1 Å². The molecule has 0 aliphatic carbocycles. The number of nitrogens with zero attached hydrogens (tertiary/aromatic N) is 4. The van der Waals surface area contributed by atoms with Crippen molar-refractivity contribution in [3.63, 3.8) is 0 Å². The molecule has 12 heteroatoms. The second-order valence-corrected chi connectivity index (χ2v) is 7.73. The fourth-order valence-corrected chi connectivity index (χ4v) is 3.52. The number of amides is 1. The summed E-state index contributed by atoms with van der Waals surface area (Å²) in [5.41, 5.74) is 6.37. The van der Waals surface area contributed by atoms with Crippen LogP contribution in [0.4, 0.5) is 19.1 Å². The van der Waals surface area contributed by atoms with Gasteiger partial charge in [0.05, 0.1) is 11.1 Å². The van der Waals surface area contributed by atoms with E-state index >= 15 is 0 Å². The normalized spacial score (nSPS) is 12.8. The first-order valence-corrected chi connectivity index (χ1v) is 10.2. The topological polar surface area (TPSA) is 107 Å². The molecule has 0 bridgehead atoms. The van der Waals surface area contributed by atoms with Crippen molar-refractivity contribution >= 4 is 44.3 Å². The number of fused-ring (bicyclic) bond motifs is 3. The first-order valence-electron chi connectivity index (χ1n) is 9.43. The highest BCUT2D eigenvalue weighted by Crippen LogP contribution is 2.35. The number of anilines is 1. The molecule has 0 aliphatic rings. The maximum atomic E-state index is 13.0. The van der Waals surface area contributed by atoms with Gasteiger partial charge in [-0.05, 0) is 36.8 Å².